The maximum atomic E-state index is 12.3. The van der Waals surface area contributed by atoms with Gasteiger partial charge < -0.3 is 10.6 Å². The zero-order chi connectivity index (χ0) is 14.1. The zero-order valence-electron chi connectivity index (χ0n) is 11.2. The fourth-order valence-corrected chi connectivity index (χ4v) is 3.29. The highest BCUT2D eigenvalue weighted by Crippen LogP contribution is 2.34. The highest BCUT2D eigenvalue weighted by molar-refractivity contribution is 7.15. The van der Waals surface area contributed by atoms with Gasteiger partial charge in [-0.2, -0.15) is 0 Å². The Hall–Kier alpha value is -1.95. The molecule has 6 heteroatoms. The lowest BCUT2D eigenvalue weighted by Gasteiger charge is -2.19. The van der Waals surface area contributed by atoms with Crippen molar-refractivity contribution in [3.63, 3.8) is 0 Å². The smallest absolute Gasteiger partial charge is 0.227 e. The second-order valence-electron chi connectivity index (χ2n) is 4.87. The SMILES string of the molecule is CCc1ccccc1N1C[C@@H](c2nnc(N)s2)CC1=O. The van der Waals surface area contributed by atoms with E-state index in [1.165, 1.54) is 16.9 Å². The molecular formula is C14H16N4OS. The van der Waals surface area contributed by atoms with E-state index in [1.807, 2.05) is 23.1 Å². The van der Waals surface area contributed by atoms with E-state index in [-0.39, 0.29) is 11.8 Å². The Morgan fingerprint density at radius 1 is 1.40 bits per heavy atom. The Labute approximate surface area is 121 Å². The van der Waals surface area contributed by atoms with Crippen LogP contribution in [0.4, 0.5) is 10.8 Å². The molecular weight excluding hydrogens is 272 g/mol. The van der Waals surface area contributed by atoms with Crippen molar-refractivity contribution in [3.05, 3.63) is 34.8 Å². The van der Waals surface area contributed by atoms with Crippen molar-refractivity contribution < 1.29 is 4.79 Å². The molecule has 1 fully saturated rings. The lowest BCUT2D eigenvalue weighted by molar-refractivity contribution is -0.117. The van der Waals surface area contributed by atoms with Crippen LogP contribution in [0.3, 0.4) is 0 Å². The highest BCUT2D eigenvalue weighted by atomic mass is 32.1. The van der Waals surface area contributed by atoms with Crippen LogP contribution in [0.2, 0.25) is 0 Å². The van der Waals surface area contributed by atoms with E-state index in [4.69, 9.17) is 5.73 Å². The number of nitrogen functional groups attached to an aromatic ring is 1. The summed E-state index contributed by atoms with van der Waals surface area (Å²) in [6, 6.07) is 8.05. The predicted molar refractivity (Wildman–Crippen MR) is 79.9 cm³/mol. The van der Waals surface area contributed by atoms with Crippen molar-refractivity contribution in [3.8, 4) is 0 Å². The van der Waals surface area contributed by atoms with Gasteiger partial charge in [0, 0.05) is 24.6 Å². The van der Waals surface area contributed by atoms with Gasteiger partial charge in [-0.05, 0) is 18.1 Å². The summed E-state index contributed by atoms with van der Waals surface area (Å²) in [6.07, 6.45) is 1.39. The first-order valence-corrected chi connectivity index (χ1v) is 7.47. The van der Waals surface area contributed by atoms with Gasteiger partial charge >= 0.3 is 0 Å². The normalized spacial score (nSPS) is 18.8. The van der Waals surface area contributed by atoms with Gasteiger partial charge in [-0.1, -0.05) is 36.5 Å². The molecule has 5 nitrogen and oxygen atoms in total. The van der Waals surface area contributed by atoms with E-state index in [2.05, 4.69) is 23.2 Å². The third-order valence-corrected chi connectivity index (χ3v) is 4.51. The van der Waals surface area contributed by atoms with E-state index in [1.54, 1.807) is 0 Å². The van der Waals surface area contributed by atoms with E-state index >= 15 is 0 Å². The number of rotatable bonds is 3. The molecule has 0 saturated carbocycles. The molecule has 0 bridgehead atoms. The molecule has 3 rings (SSSR count). The molecule has 1 atom stereocenters. The highest BCUT2D eigenvalue weighted by Gasteiger charge is 2.34. The lowest BCUT2D eigenvalue weighted by Crippen LogP contribution is -2.25. The van der Waals surface area contributed by atoms with Crippen LogP contribution < -0.4 is 10.6 Å². The summed E-state index contributed by atoms with van der Waals surface area (Å²) in [6.45, 7) is 2.76. The van der Waals surface area contributed by atoms with Crippen LogP contribution in [0.25, 0.3) is 0 Å². The van der Waals surface area contributed by atoms with Gasteiger partial charge in [0.25, 0.3) is 0 Å². The van der Waals surface area contributed by atoms with E-state index < -0.39 is 0 Å². The standard InChI is InChI=1S/C14H16N4OS/c1-2-9-5-3-4-6-11(9)18-8-10(7-12(18)19)13-16-17-14(15)20-13/h3-6,10H,2,7-8H2,1H3,(H2,15,17)/t10-/m0/s1. The van der Waals surface area contributed by atoms with Crippen molar-refractivity contribution in [1.82, 2.24) is 10.2 Å². The summed E-state index contributed by atoms with van der Waals surface area (Å²) in [4.78, 5) is 14.1. The summed E-state index contributed by atoms with van der Waals surface area (Å²) in [5.41, 5.74) is 7.83. The van der Waals surface area contributed by atoms with Crippen molar-refractivity contribution in [2.45, 2.75) is 25.7 Å². The first-order valence-electron chi connectivity index (χ1n) is 6.66. The monoisotopic (exact) mass is 288 g/mol. The summed E-state index contributed by atoms with van der Waals surface area (Å²) in [5.74, 6) is 0.242. The average molecular weight is 288 g/mol. The minimum atomic E-state index is 0.0993. The first kappa shape index (κ1) is 13.1. The molecule has 1 aromatic heterocycles. The molecule has 1 amide bonds. The number of carbonyl (C=O) groups excluding carboxylic acids is 1. The third-order valence-electron chi connectivity index (χ3n) is 3.59. The molecule has 0 radical (unpaired) electrons. The summed E-state index contributed by atoms with van der Waals surface area (Å²) < 4.78 is 0. The fourth-order valence-electron chi connectivity index (χ4n) is 2.59. The maximum Gasteiger partial charge on any atom is 0.227 e. The van der Waals surface area contributed by atoms with Crippen molar-refractivity contribution in [2.24, 2.45) is 0 Å². The van der Waals surface area contributed by atoms with Crippen LogP contribution in [0, 0.1) is 0 Å². The van der Waals surface area contributed by atoms with Crippen LogP contribution in [0.5, 0.6) is 0 Å². The lowest BCUT2D eigenvalue weighted by atomic mass is 10.1. The molecule has 2 heterocycles. The quantitative estimate of drug-likeness (QED) is 0.939. The Bertz CT molecular complexity index is 640. The predicted octanol–water partition coefficient (Wildman–Crippen LogP) is 2.20. The van der Waals surface area contributed by atoms with Gasteiger partial charge in [-0.15, -0.1) is 10.2 Å². The average Bonchev–Trinajstić information content (AvgIpc) is 3.05. The number of nitrogens with zero attached hydrogens (tertiary/aromatic N) is 3. The first-order chi connectivity index (χ1) is 9.69. The van der Waals surface area contributed by atoms with Crippen LogP contribution in [0.1, 0.15) is 29.8 Å². The number of nitrogens with two attached hydrogens (primary N) is 1. The van der Waals surface area contributed by atoms with E-state index in [0.717, 1.165) is 17.1 Å². The van der Waals surface area contributed by atoms with Crippen LogP contribution in [0.15, 0.2) is 24.3 Å². The van der Waals surface area contributed by atoms with Gasteiger partial charge in [0.05, 0.1) is 0 Å². The van der Waals surface area contributed by atoms with Gasteiger partial charge in [0.1, 0.15) is 5.01 Å². The van der Waals surface area contributed by atoms with Crippen LogP contribution in [-0.2, 0) is 11.2 Å². The maximum absolute atomic E-state index is 12.3. The Balaban J connectivity index is 1.87. The third kappa shape index (κ3) is 2.27. The minimum absolute atomic E-state index is 0.0993. The number of benzene rings is 1. The molecule has 0 aliphatic carbocycles. The number of carbonyl (C=O) groups is 1. The topological polar surface area (TPSA) is 72.1 Å². The molecule has 2 aromatic rings. The van der Waals surface area contributed by atoms with E-state index in [9.17, 15) is 4.79 Å². The second-order valence-corrected chi connectivity index (χ2v) is 5.91. The molecule has 1 aliphatic rings. The number of para-hydroxylation sites is 1. The molecule has 1 aromatic carbocycles. The van der Waals surface area contributed by atoms with Crippen LogP contribution >= 0.6 is 11.3 Å². The molecule has 104 valence electrons. The zero-order valence-corrected chi connectivity index (χ0v) is 12.1. The van der Waals surface area contributed by atoms with Crippen molar-refractivity contribution >= 4 is 28.1 Å². The van der Waals surface area contributed by atoms with Gasteiger partial charge in [0.15, 0.2) is 0 Å². The number of hydrogen-bond acceptors (Lipinski definition) is 5. The molecule has 20 heavy (non-hydrogen) atoms. The Morgan fingerprint density at radius 2 is 2.20 bits per heavy atom. The van der Waals surface area contributed by atoms with Crippen molar-refractivity contribution in [1.29, 1.82) is 0 Å². The Kier molecular flexibility index (Phi) is 3.40. The molecule has 0 spiro atoms. The number of aryl methyl sites for hydroxylation is 1. The second kappa shape index (κ2) is 5.20. The number of aromatic nitrogens is 2. The fraction of sp³-hybridized carbons (Fsp3) is 0.357. The Morgan fingerprint density at radius 3 is 2.90 bits per heavy atom. The van der Waals surface area contributed by atoms with Crippen molar-refractivity contribution in [2.75, 3.05) is 17.2 Å². The van der Waals surface area contributed by atoms with E-state index in [0.29, 0.717) is 18.1 Å². The molecule has 1 aliphatic heterocycles. The largest absolute Gasteiger partial charge is 0.374 e. The number of amides is 1. The summed E-state index contributed by atoms with van der Waals surface area (Å²) >= 11 is 1.37. The van der Waals surface area contributed by atoms with Gasteiger partial charge in [0.2, 0.25) is 11.0 Å². The van der Waals surface area contributed by atoms with Gasteiger partial charge in [-0.3, -0.25) is 4.79 Å². The number of anilines is 2. The summed E-state index contributed by atoms with van der Waals surface area (Å²) in [7, 11) is 0. The number of hydrogen-bond donors (Lipinski definition) is 1. The minimum Gasteiger partial charge on any atom is -0.374 e. The van der Waals surface area contributed by atoms with Crippen LogP contribution in [-0.4, -0.2) is 22.6 Å². The van der Waals surface area contributed by atoms with Gasteiger partial charge in [-0.25, -0.2) is 0 Å². The molecule has 1 saturated heterocycles. The molecule has 2 N–H and O–H groups in total. The summed E-state index contributed by atoms with van der Waals surface area (Å²) in [5, 5.41) is 9.21. The molecule has 0 unspecified atom stereocenters.